The summed E-state index contributed by atoms with van der Waals surface area (Å²) in [6.45, 7) is 7.28. The van der Waals surface area contributed by atoms with Crippen molar-refractivity contribution in [3.05, 3.63) is 18.7 Å². The van der Waals surface area contributed by atoms with Gasteiger partial charge in [0.1, 0.15) is 6.33 Å². The molecule has 2 aromatic rings. The van der Waals surface area contributed by atoms with Crippen molar-refractivity contribution >= 4 is 11.5 Å². The van der Waals surface area contributed by atoms with Crippen molar-refractivity contribution in [3.63, 3.8) is 0 Å². The van der Waals surface area contributed by atoms with Crippen molar-refractivity contribution < 1.29 is 0 Å². The van der Waals surface area contributed by atoms with E-state index in [1.807, 2.05) is 10.6 Å². The Morgan fingerprint density at radius 2 is 2.29 bits per heavy atom. The fourth-order valence-electron chi connectivity index (χ4n) is 2.31. The minimum Gasteiger partial charge on any atom is -0.346 e. The number of nitrogens with zero attached hydrogens (tertiary/aromatic N) is 5. The first-order valence-corrected chi connectivity index (χ1v) is 5.81. The molecule has 0 aromatic carbocycles. The molecule has 17 heavy (non-hydrogen) atoms. The van der Waals surface area contributed by atoms with Crippen LogP contribution >= 0.6 is 0 Å². The van der Waals surface area contributed by atoms with Crippen LogP contribution in [0.15, 0.2) is 18.7 Å². The van der Waals surface area contributed by atoms with Gasteiger partial charge < -0.3 is 10.2 Å². The molecule has 0 amide bonds. The Morgan fingerprint density at radius 1 is 1.41 bits per heavy atom. The molecular formula is C11H16N6. The van der Waals surface area contributed by atoms with E-state index in [0.29, 0.717) is 0 Å². The second kappa shape index (κ2) is 3.66. The van der Waals surface area contributed by atoms with E-state index >= 15 is 0 Å². The van der Waals surface area contributed by atoms with Crippen LogP contribution in [-0.2, 0) is 0 Å². The van der Waals surface area contributed by atoms with Crippen LogP contribution in [0.1, 0.15) is 13.8 Å². The first-order chi connectivity index (χ1) is 8.18. The molecule has 1 aliphatic heterocycles. The standard InChI is InChI=1S/C11H16N6/c1-11(2)7-12-3-6-17(11)9-10-15-14-8-16(10)5-4-13-9/h4-5,8,12H,3,6-7H2,1-2H3. The molecule has 0 saturated carbocycles. The SMILES string of the molecule is CC1(C)CNCCN1c1nccn2cnnc12. The van der Waals surface area contributed by atoms with Crippen molar-refractivity contribution in [2.24, 2.45) is 0 Å². The number of piperazine rings is 1. The van der Waals surface area contributed by atoms with Crippen LogP contribution in [0.2, 0.25) is 0 Å². The van der Waals surface area contributed by atoms with Gasteiger partial charge in [-0.3, -0.25) is 4.40 Å². The Bertz CT molecular complexity index is 531. The fourth-order valence-corrected chi connectivity index (χ4v) is 2.31. The molecule has 1 fully saturated rings. The number of fused-ring (bicyclic) bond motifs is 1. The quantitative estimate of drug-likeness (QED) is 0.767. The second-order valence-corrected chi connectivity index (χ2v) is 4.95. The Hall–Kier alpha value is -1.69. The van der Waals surface area contributed by atoms with Gasteiger partial charge in [0.15, 0.2) is 5.82 Å². The first-order valence-electron chi connectivity index (χ1n) is 5.81. The van der Waals surface area contributed by atoms with Crippen molar-refractivity contribution in [2.75, 3.05) is 24.5 Å². The van der Waals surface area contributed by atoms with E-state index < -0.39 is 0 Å². The van der Waals surface area contributed by atoms with Gasteiger partial charge in [-0.25, -0.2) is 4.98 Å². The lowest BCUT2D eigenvalue weighted by Gasteiger charge is -2.43. The lowest BCUT2D eigenvalue weighted by atomic mass is 10.0. The van der Waals surface area contributed by atoms with E-state index in [2.05, 4.69) is 39.2 Å². The van der Waals surface area contributed by atoms with Crippen LogP contribution < -0.4 is 10.2 Å². The molecule has 3 heterocycles. The summed E-state index contributed by atoms with van der Waals surface area (Å²) in [7, 11) is 0. The maximum absolute atomic E-state index is 4.47. The Morgan fingerprint density at radius 3 is 3.12 bits per heavy atom. The van der Waals surface area contributed by atoms with Crippen molar-refractivity contribution in [2.45, 2.75) is 19.4 Å². The number of rotatable bonds is 1. The Kier molecular flexibility index (Phi) is 2.25. The maximum atomic E-state index is 4.47. The third-order valence-corrected chi connectivity index (χ3v) is 3.25. The third-order valence-electron chi connectivity index (χ3n) is 3.25. The number of hydrogen-bond donors (Lipinski definition) is 1. The van der Waals surface area contributed by atoms with E-state index in [1.54, 1.807) is 12.5 Å². The van der Waals surface area contributed by atoms with Gasteiger partial charge >= 0.3 is 0 Å². The molecule has 1 aliphatic rings. The molecule has 0 radical (unpaired) electrons. The smallest absolute Gasteiger partial charge is 0.203 e. The van der Waals surface area contributed by atoms with Crippen molar-refractivity contribution in [1.82, 2.24) is 24.9 Å². The Balaban J connectivity index is 2.11. The fraction of sp³-hybridized carbons (Fsp3) is 0.545. The van der Waals surface area contributed by atoms with Crippen molar-refractivity contribution in [1.29, 1.82) is 0 Å². The number of hydrogen-bond acceptors (Lipinski definition) is 5. The largest absolute Gasteiger partial charge is 0.346 e. The van der Waals surface area contributed by atoms with E-state index in [1.165, 1.54) is 0 Å². The topological polar surface area (TPSA) is 58.4 Å². The summed E-state index contributed by atoms with van der Waals surface area (Å²) >= 11 is 0. The van der Waals surface area contributed by atoms with Crippen LogP contribution in [0, 0.1) is 0 Å². The van der Waals surface area contributed by atoms with E-state index in [-0.39, 0.29) is 5.54 Å². The molecule has 1 N–H and O–H groups in total. The number of nitrogens with one attached hydrogen (secondary N) is 1. The zero-order valence-corrected chi connectivity index (χ0v) is 10.1. The summed E-state index contributed by atoms with van der Waals surface area (Å²) in [6.07, 6.45) is 5.37. The highest BCUT2D eigenvalue weighted by Crippen LogP contribution is 2.25. The normalized spacial score (nSPS) is 19.8. The number of anilines is 1. The van der Waals surface area contributed by atoms with Gasteiger partial charge in [0.05, 0.1) is 0 Å². The summed E-state index contributed by atoms with van der Waals surface area (Å²) in [5.74, 6) is 0.913. The van der Waals surface area contributed by atoms with E-state index in [0.717, 1.165) is 31.1 Å². The predicted molar refractivity (Wildman–Crippen MR) is 65.1 cm³/mol. The van der Waals surface area contributed by atoms with Gasteiger partial charge in [-0.1, -0.05) is 0 Å². The molecule has 3 rings (SSSR count). The van der Waals surface area contributed by atoms with Crippen LogP contribution in [0.3, 0.4) is 0 Å². The molecule has 6 nitrogen and oxygen atoms in total. The molecule has 0 aliphatic carbocycles. The van der Waals surface area contributed by atoms with Gasteiger partial charge in [-0.2, -0.15) is 0 Å². The predicted octanol–water partition coefficient (Wildman–Crippen LogP) is 0.312. The average molecular weight is 232 g/mol. The monoisotopic (exact) mass is 232 g/mol. The van der Waals surface area contributed by atoms with Gasteiger partial charge in [0.2, 0.25) is 5.65 Å². The summed E-state index contributed by atoms with van der Waals surface area (Å²) in [5.41, 5.74) is 0.862. The van der Waals surface area contributed by atoms with Gasteiger partial charge in [-0.15, -0.1) is 10.2 Å². The van der Waals surface area contributed by atoms with Gasteiger partial charge in [0.25, 0.3) is 0 Å². The highest BCUT2D eigenvalue weighted by Gasteiger charge is 2.32. The summed E-state index contributed by atoms with van der Waals surface area (Å²) < 4.78 is 1.90. The summed E-state index contributed by atoms with van der Waals surface area (Å²) in [5, 5.41) is 11.5. The molecule has 2 aromatic heterocycles. The molecule has 1 saturated heterocycles. The zero-order valence-electron chi connectivity index (χ0n) is 10.1. The van der Waals surface area contributed by atoms with Crippen LogP contribution in [-0.4, -0.2) is 44.8 Å². The van der Waals surface area contributed by atoms with Gasteiger partial charge in [-0.05, 0) is 13.8 Å². The van der Waals surface area contributed by atoms with E-state index in [9.17, 15) is 0 Å². The lowest BCUT2D eigenvalue weighted by Crippen LogP contribution is -2.58. The van der Waals surface area contributed by atoms with Crippen molar-refractivity contribution in [3.8, 4) is 0 Å². The maximum Gasteiger partial charge on any atom is 0.203 e. The van der Waals surface area contributed by atoms with Crippen LogP contribution in [0.4, 0.5) is 5.82 Å². The van der Waals surface area contributed by atoms with Crippen LogP contribution in [0.5, 0.6) is 0 Å². The molecular weight excluding hydrogens is 216 g/mol. The first kappa shape index (κ1) is 10.5. The average Bonchev–Trinajstić information content (AvgIpc) is 2.76. The van der Waals surface area contributed by atoms with Crippen LogP contribution in [0.25, 0.3) is 5.65 Å². The third kappa shape index (κ3) is 1.64. The molecule has 0 atom stereocenters. The molecule has 6 heteroatoms. The highest BCUT2D eigenvalue weighted by molar-refractivity contribution is 5.64. The molecule has 0 unspecified atom stereocenters. The zero-order chi connectivity index (χ0) is 11.9. The molecule has 0 spiro atoms. The Labute approximate surface area is 99.7 Å². The summed E-state index contributed by atoms with van der Waals surface area (Å²) in [4.78, 5) is 6.77. The molecule has 0 bridgehead atoms. The minimum absolute atomic E-state index is 0.0407. The van der Waals surface area contributed by atoms with E-state index in [4.69, 9.17) is 0 Å². The lowest BCUT2D eigenvalue weighted by molar-refractivity contribution is 0.378. The second-order valence-electron chi connectivity index (χ2n) is 4.95. The highest BCUT2D eigenvalue weighted by atomic mass is 15.3. The molecule has 90 valence electrons. The van der Waals surface area contributed by atoms with Gasteiger partial charge in [0, 0.05) is 37.6 Å². The summed E-state index contributed by atoms with van der Waals surface area (Å²) in [6, 6.07) is 0. The number of aromatic nitrogens is 4. The minimum atomic E-state index is 0.0407.